The van der Waals surface area contributed by atoms with Crippen LogP contribution in [0, 0.1) is 0 Å². The highest BCUT2D eigenvalue weighted by Gasteiger charge is 2.00. The number of rotatable bonds is 3. The molecule has 4 heteroatoms. The van der Waals surface area contributed by atoms with Crippen molar-refractivity contribution in [3.8, 4) is 0 Å². The van der Waals surface area contributed by atoms with E-state index >= 15 is 0 Å². The zero-order valence-corrected chi connectivity index (χ0v) is 9.58. The van der Waals surface area contributed by atoms with E-state index < -0.39 is 0 Å². The van der Waals surface area contributed by atoms with E-state index in [1.165, 1.54) is 10.9 Å². The summed E-state index contributed by atoms with van der Waals surface area (Å²) in [4.78, 5) is 4.22. The predicted octanol–water partition coefficient (Wildman–Crippen LogP) is 2.02. The Morgan fingerprint density at radius 3 is 3.21 bits per heavy atom. The van der Waals surface area contributed by atoms with Crippen LogP contribution in [0.4, 0.5) is 0 Å². The van der Waals surface area contributed by atoms with E-state index in [9.17, 15) is 0 Å². The van der Waals surface area contributed by atoms with Crippen molar-refractivity contribution in [2.45, 2.75) is 6.54 Å². The molecule has 0 aliphatic heterocycles. The van der Waals surface area contributed by atoms with Gasteiger partial charge in [-0.15, -0.1) is 0 Å². The van der Waals surface area contributed by atoms with Gasteiger partial charge in [0.05, 0.1) is 11.7 Å². The van der Waals surface area contributed by atoms with Gasteiger partial charge in [0.25, 0.3) is 0 Å². The van der Waals surface area contributed by atoms with E-state index in [1.807, 2.05) is 19.3 Å². The molecular formula is C10H12BrN3. The molecule has 0 saturated heterocycles. The molecule has 0 atom stereocenters. The van der Waals surface area contributed by atoms with E-state index in [0.717, 1.165) is 17.7 Å². The van der Waals surface area contributed by atoms with Crippen LogP contribution >= 0.6 is 15.9 Å². The van der Waals surface area contributed by atoms with Crippen molar-refractivity contribution in [3.63, 3.8) is 0 Å². The number of nitrogens with zero attached hydrogens (tertiary/aromatic N) is 2. The van der Waals surface area contributed by atoms with E-state index in [0.29, 0.717) is 0 Å². The fourth-order valence-electron chi connectivity index (χ4n) is 1.49. The monoisotopic (exact) mass is 253 g/mol. The predicted molar refractivity (Wildman–Crippen MR) is 61.4 cm³/mol. The van der Waals surface area contributed by atoms with Gasteiger partial charge in [0.1, 0.15) is 4.60 Å². The number of fused-ring (bicyclic) bond motifs is 1. The lowest BCUT2D eigenvalue weighted by Gasteiger charge is -2.03. The Labute approximate surface area is 91.3 Å². The fourth-order valence-corrected chi connectivity index (χ4v) is 1.84. The Hall–Kier alpha value is -0.870. The number of pyridine rings is 1. The number of hydrogen-bond acceptors (Lipinski definition) is 2. The summed E-state index contributed by atoms with van der Waals surface area (Å²) in [5, 5.41) is 4.36. The highest BCUT2D eigenvalue weighted by Crippen LogP contribution is 2.18. The summed E-state index contributed by atoms with van der Waals surface area (Å²) in [7, 11) is 1.96. The third-order valence-corrected chi connectivity index (χ3v) is 2.66. The summed E-state index contributed by atoms with van der Waals surface area (Å²) in [6.45, 7) is 1.95. The summed E-state index contributed by atoms with van der Waals surface area (Å²) in [5.74, 6) is 0. The first-order valence-corrected chi connectivity index (χ1v) is 5.35. The van der Waals surface area contributed by atoms with Crippen LogP contribution in [0.5, 0.6) is 0 Å². The first kappa shape index (κ1) is 9.68. The quantitative estimate of drug-likeness (QED) is 0.849. The van der Waals surface area contributed by atoms with E-state index in [1.54, 1.807) is 0 Å². The molecule has 3 nitrogen and oxygen atoms in total. The Balaban J connectivity index is 2.37. The molecule has 14 heavy (non-hydrogen) atoms. The van der Waals surface area contributed by atoms with Gasteiger partial charge in [-0.3, -0.25) is 0 Å². The van der Waals surface area contributed by atoms with Crippen LogP contribution in [0.25, 0.3) is 10.9 Å². The van der Waals surface area contributed by atoms with Crippen molar-refractivity contribution in [2.24, 2.45) is 0 Å². The molecule has 2 aromatic heterocycles. The van der Waals surface area contributed by atoms with Crippen LogP contribution in [0.15, 0.2) is 29.1 Å². The molecule has 0 aromatic carbocycles. The SMILES string of the molecule is CNCCn1ccc2cc(Br)ncc21. The third kappa shape index (κ3) is 1.81. The minimum Gasteiger partial charge on any atom is -0.345 e. The average molecular weight is 254 g/mol. The maximum absolute atomic E-state index is 4.22. The number of nitrogens with one attached hydrogen (secondary N) is 1. The molecule has 0 saturated carbocycles. The maximum atomic E-state index is 4.22. The minimum absolute atomic E-state index is 0.886. The smallest absolute Gasteiger partial charge is 0.106 e. The van der Waals surface area contributed by atoms with E-state index in [4.69, 9.17) is 0 Å². The molecule has 2 rings (SSSR count). The molecule has 0 radical (unpaired) electrons. The van der Waals surface area contributed by atoms with E-state index in [2.05, 4.69) is 43.1 Å². The highest BCUT2D eigenvalue weighted by molar-refractivity contribution is 9.10. The Morgan fingerprint density at radius 2 is 2.43 bits per heavy atom. The first-order valence-electron chi connectivity index (χ1n) is 4.56. The van der Waals surface area contributed by atoms with Gasteiger partial charge < -0.3 is 9.88 Å². The zero-order valence-electron chi connectivity index (χ0n) is 8.00. The lowest BCUT2D eigenvalue weighted by Crippen LogP contribution is -2.14. The summed E-state index contributed by atoms with van der Waals surface area (Å²) >= 11 is 3.36. The van der Waals surface area contributed by atoms with Crippen molar-refractivity contribution < 1.29 is 0 Å². The molecular weight excluding hydrogens is 242 g/mol. The second-order valence-electron chi connectivity index (χ2n) is 3.18. The summed E-state index contributed by atoms with van der Waals surface area (Å²) in [6, 6.07) is 4.14. The largest absolute Gasteiger partial charge is 0.345 e. The van der Waals surface area contributed by atoms with Gasteiger partial charge in [-0.2, -0.15) is 0 Å². The normalized spacial score (nSPS) is 11.0. The second kappa shape index (κ2) is 4.11. The lowest BCUT2D eigenvalue weighted by molar-refractivity contribution is 0.662. The van der Waals surface area contributed by atoms with Crippen LogP contribution in [-0.2, 0) is 6.54 Å². The second-order valence-corrected chi connectivity index (χ2v) is 3.99. The molecule has 0 unspecified atom stereocenters. The van der Waals surface area contributed by atoms with Gasteiger partial charge >= 0.3 is 0 Å². The van der Waals surface area contributed by atoms with Gasteiger partial charge in [-0.25, -0.2) is 4.98 Å². The van der Waals surface area contributed by atoms with Crippen LogP contribution in [0.2, 0.25) is 0 Å². The van der Waals surface area contributed by atoms with Gasteiger partial charge in [0, 0.05) is 24.7 Å². The molecule has 2 aromatic rings. The zero-order chi connectivity index (χ0) is 9.97. The van der Waals surface area contributed by atoms with Crippen molar-refractivity contribution in [3.05, 3.63) is 29.1 Å². The molecule has 2 heterocycles. The molecule has 0 spiro atoms. The number of likely N-dealkylation sites (N-methyl/N-ethyl adjacent to an activating group) is 1. The van der Waals surface area contributed by atoms with Crippen molar-refractivity contribution >= 4 is 26.8 Å². The number of halogens is 1. The molecule has 0 fully saturated rings. The minimum atomic E-state index is 0.886. The summed E-state index contributed by atoms with van der Waals surface area (Å²) in [5.41, 5.74) is 1.18. The number of aromatic nitrogens is 2. The first-order chi connectivity index (χ1) is 6.81. The topological polar surface area (TPSA) is 29.9 Å². The molecule has 0 aliphatic rings. The van der Waals surface area contributed by atoms with Crippen LogP contribution in [-0.4, -0.2) is 23.1 Å². The summed E-state index contributed by atoms with van der Waals surface area (Å²) in [6.07, 6.45) is 3.99. The molecule has 0 bridgehead atoms. The Bertz CT molecular complexity index is 436. The average Bonchev–Trinajstić information content (AvgIpc) is 2.57. The van der Waals surface area contributed by atoms with Crippen molar-refractivity contribution in [2.75, 3.05) is 13.6 Å². The standard InChI is InChI=1S/C10H12BrN3/c1-12-3-5-14-4-2-8-6-10(11)13-7-9(8)14/h2,4,6-7,12H,3,5H2,1H3. The Morgan fingerprint density at radius 1 is 1.57 bits per heavy atom. The van der Waals surface area contributed by atoms with Gasteiger partial charge in [0.15, 0.2) is 0 Å². The van der Waals surface area contributed by atoms with Gasteiger partial charge in [0.2, 0.25) is 0 Å². The van der Waals surface area contributed by atoms with Crippen LogP contribution in [0.1, 0.15) is 0 Å². The molecule has 74 valence electrons. The summed E-state index contributed by atoms with van der Waals surface area (Å²) < 4.78 is 3.09. The van der Waals surface area contributed by atoms with Gasteiger partial charge in [-0.05, 0) is 35.1 Å². The molecule has 1 N–H and O–H groups in total. The van der Waals surface area contributed by atoms with Crippen molar-refractivity contribution in [1.82, 2.24) is 14.9 Å². The van der Waals surface area contributed by atoms with Crippen LogP contribution < -0.4 is 5.32 Å². The highest BCUT2D eigenvalue weighted by atomic mass is 79.9. The number of hydrogen-bond donors (Lipinski definition) is 1. The molecule has 0 amide bonds. The van der Waals surface area contributed by atoms with Gasteiger partial charge in [-0.1, -0.05) is 0 Å². The van der Waals surface area contributed by atoms with Crippen molar-refractivity contribution in [1.29, 1.82) is 0 Å². The Kier molecular flexibility index (Phi) is 2.84. The lowest BCUT2D eigenvalue weighted by atomic mass is 10.3. The third-order valence-electron chi connectivity index (χ3n) is 2.23. The van der Waals surface area contributed by atoms with E-state index in [-0.39, 0.29) is 0 Å². The fraction of sp³-hybridized carbons (Fsp3) is 0.300. The maximum Gasteiger partial charge on any atom is 0.106 e. The van der Waals surface area contributed by atoms with Crippen LogP contribution in [0.3, 0.4) is 0 Å². The molecule has 0 aliphatic carbocycles.